The summed E-state index contributed by atoms with van der Waals surface area (Å²) < 4.78 is 36.5. The summed E-state index contributed by atoms with van der Waals surface area (Å²) in [6.45, 7) is 3.92. The number of nitrogens with one attached hydrogen (secondary N) is 1. The summed E-state index contributed by atoms with van der Waals surface area (Å²) in [4.78, 5) is 15.9. The van der Waals surface area contributed by atoms with E-state index < -0.39 is 21.2 Å². The van der Waals surface area contributed by atoms with Gasteiger partial charge in [0.2, 0.25) is 10.0 Å². The molecule has 2 saturated carbocycles. The van der Waals surface area contributed by atoms with Gasteiger partial charge in [0, 0.05) is 34.5 Å². The van der Waals surface area contributed by atoms with Gasteiger partial charge in [-0.25, -0.2) is 13.1 Å². The maximum absolute atomic E-state index is 13.7. The third-order valence-electron chi connectivity index (χ3n) is 11.3. The molecule has 2 bridgehead atoms. The van der Waals surface area contributed by atoms with Crippen molar-refractivity contribution < 1.29 is 23.1 Å². The Morgan fingerprint density at radius 2 is 1.98 bits per heavy atom. The number of hydrogen-bond acceptors (Lipinski definition) is 6. The van der Waals surface area contributed by atoms with Crippen molar-refractivity contribution in [1.82, 2.24) is 4.72 Å². The first kappa shape index (κ1) is 30.1. The number of hydrogen-bond donors (Lipinski definition) is 2. The van der Waals surface area contributed by atoms with E-state index in [1.807, 2.05) is 19.1 Å². The lowest BCUT2D eigenvalue weighted by atomic mass is 9.59. The number of amides is 1. The van der Waals surface area contributed by atoms with Gasteiger partial charge in [-0.15, -0.1) is 0 Å². The number of benzene rings is 2. The summed E-state index contributed by atoms with van der Waals surface area (Å²) in [6, 6.07) is 11.5. The number of sulfonamides is 1. The summed E-state index contributed by atoms with van der Waals surface area (Å²) in [5, 5.41) is 10.8. The lowest BCUT2D eigenvalue weighted by Gasteiger charge is -2.50. The zero-order valence-electron chi connectivity index (χ0n) is 25.4. The van der Waals surface area contributed by atoms with Gasteiger partial charge in [-0.05, 0) is 104 Å². The number of carbonyl (C=O) groups excluding carboxylic acids is 1. The van der Waals surface area contributed by atoms with Gasteiger partial charge in [0.25, 0.3) is 5.91 Å². The molecule has 2 heterocycles. The number of allylic oxidation sites excluding steroid dienone is 1. The second kappa shape index (κ2) is 11.4. The summed E-state index contributed by atoms with van der Waals surface area (Å²) in [6.07, 6.45) is 12.3. The Labute approximate surface area is 266 Å². The molecule has 2 fully saturated rings. The van der Waals surface area contributed by atoms with Crippen LogP contribution in [0.3, 0.4) is 0 Å². The third-order valence-corrected chi connectivity index (χ3v) is 13.5. The van der Waals surface area contributed by atoms with E-state index in [9.17, 15) is 18.3 Å². The number of carbonyl (C=O) groups is 1. The van der Waals surface area contributed by atoms with Crippen LogP contribution in [0.2, 0.25) is 5.02 Å². The quantitative estimate of drug-likeness (QED) is 0.399. The highest BCUT2D eigenvalue weighted by atomic mass is 35.5. The minimum absolute atomic E-state index is 0.0517. The van der Waals surface area contributed by atoms with E-state index in [1.54, 1.807) is 12.1 Å². The van der Waals surface area contributed by atoms with E-state index in [4.69, 9.17) is 16.3 Å². The number of halogens is 1. The average molecular weight is 639 g/mol. The van der Waals surface area contributed by atoms with Crippen molar-refractivity contribution in [2.75, 3.05) is 31.2 Å². The molecule has 2 N–H and O–H groups in total. The molecule has 0 saturated heterocycles. The van der Waals surface area contributed by atoms with Crippen LogP contribution in [0, 0.1) is 23.2 Å². The first-order valence-corrected chi connectivity index (χ1v) is 18.2. The van der Waals surface area contributed by atoms with Crippen LogP contribution < -0.4 is 14.4 Å². The highest BCUT2D eigenvalue weighted by Gasteiger charge is 2.48. The highest BCUT2D eigenvalue weighted by Crippen LogP contribution is 2.51. The van der Waals surface area contributed by atoms with Crippen molar-refractivity contribution in [3.8, 4) is 5.75 Å². The van der Waals surface area contributed by atoms with E-state index in [-0.39, 0.29) is 29.3 Å². The molecule has 7 nitrogen and oxygen atoms in total. The normalized spacial score (nSPS) is 33.8. The van der Waals surface area contributed by atoms with Crippen LogP contribution in [-0.2, 0) is 21.9 Å². The molecule has 3 aliphatic carbocycles. The molecule has 9 heteroatoms. The van der Waals surface area contributed by atoms with E-state index in [2.05, 4.69) is 33.9 Å². The molecular formula is C35H43ClN2O5S. The zero-order chi connectivity index (χ0) is 30.7. The molecule has 1 amide bonds. The van der Waals surface area contributed by atoms with Crippen LogP contribution in [0.25, 0.3) is 0 Å². The Hall–Kier alpha value is -2.55. The monoisotopic (exact) mass is 638 g/mol. The third kappa shape index (κ3) is 5.45. The predicted octanol–water partition coefficient (Wildman–Crippen LogP) is 6.03. The SMILES string of the molecule is C[C@@H]1C/C=C\[C@]2(CO)CC[C@H]2CN2C[C@@]3(CCCc4cc(Cl)ccc43)COc3ccc(cc32)C(=O)NS(=O)(=O)[C@H]1CC1CC1. The molecule has 236 valence electrons. The molecule has 2 aromatic carbocycles. The molecule has 0 aromatic heterocycles. The molecule has 5 aliphatic rings. The van der Waals surface area contributed by atoms with Crippen LogP contribution in [0.1, 0.15) is 79.8 Å². The van der Waals surface area contributed by atoms with Gasteiger partial charge in [0.1, 0.15) is 5.75 Å². The predicted molar refractivity (Wildman–Crippen MR) is 173 cm³/mol. The lowest BCUT2D eigenvalue weighted by molar-refractivity contribution is 0.0213. The Balaban J connectivity index is 1.31. The Morgan fingerprint density at radius 3 is 2.73 bits per heavy atom. The van der Waals surface area contributed by atoms with Gasteiger partial charge in [-0.2, -0.15) is 0 Å². The molecule has 5 atom stereocenters. The fourth-order valence-corrected chi connectivity index (χ4v) is 10.2. The van der Waals surface area contributed by atoms with Crippen molar-refractivity contribution in [1.29, 1.82) is 0 Å². The molecule has 0 unspecified atom stereocenters. The van der Waals surface area contributed by atoms with Gasteiger partial charge < -0.3 is 14.7 Å². The standard InChI is InChI=1S/C35H43ClN2O5S/c1-23-4-2-13-34(21-39)15-12-27(34)19-38-20-35(14-3-5-25-17-28(36)9-10-29(25)35)22-43-31-11-8-26(18-30(31)38)33(40)37-44(41,42)32(23)16-24-6-7-24/h2,8-11,13,17-18,23-24,27,32,39H,3-7,12,14-16,19-22H2,1H3,(H,37,40)/b13-2-/t23-,27+,32+,34-,35+/m1/s1. The summed E-state index contributed by atoms with van der Waals surface area (Å²) in [5.74, 6) is 0.535. The maximum atomic E-state index is 13.7. The number of fused-ring (bicyclic) bond motifs is 4. The number of aryl methyl sites for hydroxylation is 1. The summed E-state index contributed by atoms with van der Waals surface area (Å²) in [5.41, 5.74) is 3.01. The van der Waals surface area contributed by atoms with E-state index in [0.29, 0.717) is 49.8 Å². The molecular weight excluding hydrogens is 596 g/mol. The van der Waals surface area contributed by atoms with Crippen LogP contribution in [0.4, 0.5) is 5.69 Å². The van der Waals surface area contributed by atoms with Gasteiger partial charge in [0.15, 0.2) is 0 Å². The Kier molecular flexibility index (Phi) is 7.78. The summed E-state index contributed by atoms with van der Waals surface area (Å²) in [7, 11) is -3.92. The van der Waals surface area contributed by atoms with E-state index in [0.717, 1.165) is 55.7 Å². The van der Waals surface area contributed by atoms with Crippen molar-refractivity contribution in [2.45, 2.75) is 75.4 Å². The number of nitrogens with zero attached hydrogens (tertiary/aromatic N) is 1. The number of aliphatic hydroxyl groups is 1. The van der Waals surface area contributed by atoms with Gasteiger partial charge in [0.05, 0.1) is 24.2 Å². The van der Waals surface area contributed by atoms with Crippen LogP contribution >= 0.6 is 11.6 Å². The van der Waals surface area contributed by atoms with Gasteiger partial charge in [-0.1, -0.05) is 49.6 Å². The van der Waals surface area contributed by atoms with Crippen molar-refractivity contribution in [3.63, 3.8) is 0 Å². The van der Waals surface area contributed by atoms with Crippen molar-refractivity contribution in [2.24, 2.45) is 23.2 Å². The first-order chi connectivity index (χ1) is 21.1. The second-order valence-electron chi connectivity index (χ2n) is 14.2. The van der Waals surface area contributed by atoms with Crippen molar-refractivity contribution in [3.05, 3.63) is 70.3 Å². The first-order valence-electron chi connectivity index (χ1n) is 16.3. The van der Waals surface area contributed by atoms with E-state index in [1.165, 1.54) is 11.1 Å². The second-order valence-corrected chi connectivity index (χ2v) is 16.6. The minimum Gasteiger partial charge on any atom is -0.490 e. The highest BCUT2D eigenvalue weighted by molar-refractivity contribution is 7.90. The fourth-order valence-electron chi connectivity index (χ4n) is 8.27. The largest absolute Gasteiger partial charge is 0.490 e. The fraction of sp³-hybridized carbons (Fsp3) is 0.571. The molecule has 0 radical (unpaired) electrons. The molecule has 2 aliphatic heterocycles. The van der Waals surface area contributed by atoms with Gasteiger partial charge >= 0.3 is 0 Å². The number of ether oxygens (including phenoxy) is 1. The topological polar surface area (TPSA) is 95.9 Å². The molecule has 1 spiro atoms. The van der Waals surface area contributed by atoms with Crippen LogP contribution in [0.5, 0.6) is 5.75 Å². The number of rotatable bonds is 3. The molecule has 2 aromatic rings. The smallest absolute Gasteiger partial charge is 0.264 e. The van der Waals surface area contributed by atoms with E-state index >= 15 is 0 Å². The van der Waals surface area contributed by atoms with Gasteiger partial charge in [-0.3, -0.25) is 4.79 Å². The number of anilines is 1. The molecule has 44 heavy (non-hydrogen) atoms. The lowest BCUT2D eigenvalue weighted by Crippen LogP contribution is -2.51. The van der Waals surface area contributed by atoms with Crippen LogP contribution in [0.15, 0.2) is 48.6 Å². The van der Waals surface area contributed by atoms with Crippen LogP contribution in [-0.4, -0.2) is 51.0 Å². The van der Waals surface area contributed by atoms with Crippen molar-refractivity contribution >= 4 is 33.2 Å². The zero-order valence-corrected chi connectivity index (χ0v) is 27.0. The summed E-state index contributed by atoms with van der Waals surface area (Å²) >= 11 is 6.41. The average Bonchev–Trinajstić information content (AvgIpc) is 3.83. The maximum Gasteiger partial charge on any atom is 0.264 e. The molecule has 7 rings (SSSR count). The number of aliphatic hydroxyl groups excluding tert-OH is 1. The Bertz CT molecular complexity index is 1590. The minimum atomic E-state index is -3.92. The Morgan fingerprint density at radius 1 is 1.14 bits per heavy atom.